The third-order valence-electron chi connectivity index (χ3n) is 3.14. The predicted molar refractivity (Wildman–Crippen MR) is 82.5 cm³/mol. The first-order valence-corrected chi connectivity index (χ1v) is 7.13. The largest absolute Gasteiger partial charge is 0.481 e. The van der Waals surface area contributed by atoms with Crippen molar-refractivity contribution in [3.05, 3.63) is 36.3 Å². The molecule has 0 spiro atoms. The number of hydrogen-bond acceptors (Lipinski definition) is 2. The molecule has 0 aliphatic carbocycles. The highest BCUT2D eigenvalue weighted by molar-refractivity contribution is 5.75. The van der Waals surface area contributed by atoms with Gasteiger partial charge in [0, 0.05) is 0 Å². The summed E-state index contributed by atoms with van der Waals surface area (Å²) < 4.78 is 5.18. The van der Waals surface area contributed by atoms with Gasteiger partial charge in [-0.1, -0.05) is 31.3 Å². The van der Waals surface area contributed by atoms with E-state index in [2.05, 4.69) is 17.8 Å². The molecule has 0 saturated carbocycles. The second kappa shape index (κ2) is 10.4. The highest BCUT2D eigenvalue weighted by atomic mass is 16.4. The molecular weight excluding hydrogens is 264 g/mol. The summed E-state index contributed by atoms with van der Waals surface area (Å²) in [7, 11) is 0. The molecule has 0 aliphatic heterocycles. The third-order valence-corrected chi connectivity index (χ3v) is 3.14. The van der Waals surface area contributed by atoms with Crippen LogP contribution in [0.15, 0.2) is 35.0 Å². The van der Waals surface area contributed by atoms with E-state index in [1.807, 2.05) is 6.08 Å². The Kier molecular flexibility index (Phi) is 8.26. The lowest BCUT2D eigenvalue weighted by Crippen LogP contribution is -2.10. The molecule has 1 rings (SSSR count). The Morgan fingerprint density at radius 2 is 2.19 bits per heavy atom. The Balaban J connectivity index is 2.14. The minimum atomic E-state index is -0.819. The molecule has 1 atom stereocenters. The number of allylic oxidation sites excluding steroid dienone is 2. The maximum atomic E-state index is 11.2. The van der Waals surface area contributed by atoms with Gasteiger partial charge in [-0.15, -0.1) is 6.42 Å². The zero-order valence-electron chi connectivity index (χ0n) is 12.0. The normalized spacial score (nSPS) is 11.6. The Hall–Kier alpha value is -2.39. The average molecular weight is 284 g/mol. The summed E-state index contributed by atoms with van der Waals surface area (Å²) in [5.41, 5.74) is 0. The number of carboxylic acid groups (broad SMARTS) is 1. The third kappa shape index (κ3) is 7.09. The van der Waals surface area contributed by atoms with Gasteiger partial charge in [0.25, 0.3) is 0 Å². The number of terminal acetylenes is 1. The number of aliphatic carboxylic acids is 1. The van der Waals surface area contributed by atoms with E-state index in [1.54, 1.807) is 18.2 Å². The number of hydrogen-bond donors (Lipinski definition) is 1. The van der Waals surface area contributed by atoms with E-state index in [1.165, 1.54) is 6.26 Å². The highest BCUT2D eigenvalue weighted by Gasteiger charge is 2.21. The van der Waals surface area contributed by atoms with Crippen LogP contribution in [0.2, 0.25) is 0 Å². The first-order chi connectivity index (χ1) is 10.3. The van der Waals surface area contributed by atoms with Crippen LogP contribution in [0, 0.1) is 24.2 Å². The number of carbonyl (C=O) groups is 1. The van der Waals surface area contributed by atoms with Crippen molar-refractivity contribution in [1.29, 1.82) is 0 Å². The molecule has 0 amide bonds. The quantitative estimate of drug-likeness (QED) is 0.551. The van der Waals surface area contributed by atoms with E-state index in [-0.39, 0.29) is 0 Å². The number of furan rings is 1. The molecule has 110 valence electrons. The molecule has 1 heterocycles. The summed E-state index contributed by atoms with van der Waals surface area (Å²) in [6, 6.07) is 3.45. The first kappa shape index (κ1) is 16.7. The van der Waals surface area contributed by atoms with Gasteiger partial charge in [-0.2, -0.15) is 0 Å². The Morgan fingerprint density at radius 1 is 1.38 bits per heavy atom. The van der Waals surface area contributed by atoms with Crippen molar-refractivity contribution < 1.29 is 14.3 Å². The zero-order chi connectivity index (χ0) is 15.3. The van der Waals surface area contributed by atoms with Gasteiger partial charge in [-0.05, 0) is 49.3 Å². The molecule has 1 N–H and O–H groups in total. The van der Waals surface area contributed by atoms with Gasteiger partial charge < -0.3 is 9.52 Å². The minimum absolute atomic E-state index is 0.529. The van der Waals surface area contributed by atoms with Crippen LogP contribution in [0.5, 0.6) is 0 Å². The highest BCUT2D eigenvalue weighted by Crippen LogP contribution is 2.23. The van der Waals surface area contributed by atoms with Crippen LogP contribution >= 0.6 is 0 Å². The predicted octanol–water partition coefficient (Wildman–Crippen LogP) is 3.98. The minimum Gasteiger partial charge on any atom is -0.481 e. The van der Waals surface area contributed by atoms with Crippen LogP contribution in [-0.4, -0.2) is 11.1 Å². The van der Waals surface area contributed by atoms with Crippen molar-refractivity contribution >= 4 is 5.97 Å². The molecule has 21 heavy (non-hydrogen) atoms. The second-order valence-electron chi connectivity index (χ2n) is 4.71. The number of unbranched alkanes of at least 4 members (excludes halogenated alkanes) is 4. The molecule has 0 fully saturated rings. The summed E-state index contributed by atoms with van der Waals surface area (Å²) in [4.78, 5) is 11.2. The smallest absolute Gasteiger partial charge is 0.314 e. The maximum Gasteiger partial charge on any atom is 0.314 e. The van der Waals surface area contributed by atoms with Crippen molar-refractivity contribution in [2.75, 3.05) is 0 Å². The molecule has 0 aromatic carbocycles. The fourth-order valence-corrected chi connectivity index (χ4v) is 2.07. The topological polar surface area (TPSA) is 50.4 Å². The van der Waals surface area contributed by atoms with E-state index < -0.39 is 11.9 Å². The molecule has 0 radical (unpaired) electrons. The molecule has 0 bridgehead atoms. The molecule has 3 nitrogen and oxygen atoms in total. The van der Waals surface area contributed by atoms with Crippen molar-refractivity contribution in [3.8, 4) is 24.2 Å². The SMILES string of the molecule is C#CC#CC=CCCCCCCC(C(=O)O)c1ccco1. The molecule has 1 unspecified atom stereocenters. The van der Waals surface area contributed by atoms with Gasteiger partial charge in [0.1, 0.15) is 11.7 Å². The molecule has 1 aromatic heterocycles. The van der Waals surface area contributed by atoms with Crippen molar-refractivity contribution in [2.24, 2.45) is 0 Å². The molecule has 1 aromatic rings. The van der Waals surface area contributed by atoms with Crippen LogP contribution in [0.3, 0.4) is 0 Å². The van der Waals surface area contributed by atoms with Crippen molar-refractivity contribution in [2.45, 2.75) is 44.4 Å². The molecule has 0 aliphatic rings. The fourth-order valence-electron chi connectivity index (χ4n) is 2.07. The van der Waals surface area contributed by atoms with Crippen LogP contribution in [0.4, 0.5) is 0 Å². The summed E-state index contributed by atoms with van der Waals surface area (Å²) in [6.45, 7) is 0. The second-order valence-corrected chi connectivity index (χ2v) is 4.71. The van der Waals surface area contributed by atoms with Gasteiger partial charge in [0.15, 0.2) is 0 Å². The van der Waals surface area contributed by atoms with Gasteiger partial charge in [0.05, 0.1) is 6.26 Å². The van der Waals surface area contributed by atoms with E-state index >= 15 is 0 Å². The molecule has 3 heteroatoms. The van der Waals surface area contributed by atoms with E-state index in [0.717, 1.165) is 32.1 Å². The summed E-state index contributed by atoms with van der Waals surface area (Å²) in [6.07, 6.45) is 16.0. The lowest BCUT2D eigenvalue weighted by atomic mass is 9.98. The first-order valence-electron chi connectivity index (χ1n) is 7.13. The van der Waals surface area contributed by atoms with Crippen LogP contribution in [0.25, 0.3) is 0 Å². The lowest BCUT2D eigenvalue weighted by molar-refractivity contribution is -0.139. The standard InChI is InChI=1S/C18H20O3/c1-2-3-4-5-6-7-8-9-10-11-13-16(18(19)20)17-14-12-15-21-17/h1,5-6,12,14-16H,7-11,13H2,(H,19,20). The zero-order valence-corrected chi connectivity index (χ0v) is 12.0. The Labute approximate surface area is 126 Å². The fraction of sp³-hybridized carbons (Fsp3) is 0.389. The van der Waals surface area contributed by atoms with Gasteiger partial charge in [0.2, 0.25) is 0 Å². The Bertz CT molecular complexity index is 535. The van der Waals surface area contributed by atoms with Crippen molar-refractivity contribution in [3.63, 3.8) is 0 Å². The van der Waals surface area contributed by atoms with E-state index in [4.69, 9.17) is 10.8 Å². The lowest BCUT2D eigenvalue weighted by Gasteiger charge is -2.09. The number of carboxylic acids is 1. The van der Waals surface area contributed by atoms with Crippen molar-refractivity contribution in [1.82, 2.24) is 0 Å². The van der Waals surface area contributed by atoms with Gasteiger partial charge >= 0.3 is 5.97 Å². The summed E-state index contributed by atoms with van der Waals surface area (Å²) in [5, 5.41) is 9.19. The Morgan fingerprint density at radius 3 is 2.86 bits per heavy atom. The van der Waals surface area contributed by atoms with Crippen LogP contribution in [0.1, 0.15) is 50.2 Å². The average Bonchev–Trinajstić information content (AvgIpc) is 2.98. The summed E-state index contributed by atoms with van der Waals surface area (Å²) in [5.74, 6) is 6.70. The van der Waals surface area contributed by atoms with Crippen LogP contribution in [-0.2, 0) is 4.79 Å². The van der Waals surface area contributed by atoms with Gasteiger partial charge in [-0.3, -0.25) is 4.79 Å². The summed E-state index contributed by atoms with van der Waals surface area (Å²) >= 11 is 0. The molecular formula is C18H20O3. The van der Waals surface area contributed by atoms with Crippen LogP contribution < -0.4 is 0 Å². The van der Waals surface area contributed by atoms with E-state index in [0.29, 0.717) is 12.2 Å². The van der Waals surface area contributed by atoms with Gasteiger partial charge in [-0.25, -0.2) is 0 Å². The monoisotopic (exact) mass is 284 g/mol. The van der Waals surface area contributed by atoms with E-state index in [9.17, 15) is 9.90 Å². The maximum absolute atomic E-state index is 11.2. The molecule has 0 saturated heterocycles. The number of rotatable bonds is 9.